The zero-order valence-corrected chi connectivity index (χ0v) is 12.3. The van der Waals surface area contributed by atoms with E-state index in [0.717, 1.165) is 16.5 Å². The van der Waals surface area contributed by atoms with Gasteiger partial charge in [-0.2, -0.15) is 0 Å². The summed E-state index contributed by atoms with van der Waals surface area (Å²) in [6, 6.07) is 13.3. The molecule has 0 amide bonds. The number of fused-ring (bicyclic) bond motifs is 1. The van der Waals surface area contributed by atoms with Crippen LogP contribution in [-0.2, 0) is 11.2 Å². The van der Waals surface area contributed by atoms with Gasteiger partial charge in [0, 0.05) is 11.6 Å². The van der Waals surface area contributed by atoms with Crippen molar-refractivity contribution < 1.29 is 15.0 Å². The summed E-state index contributed by atoms with van der Waals surface area (Å²) in [7, 11) is 0. The van der Waals surface area contributed by atoms with Gasteiger partial charge >= 0.3 is 5.97 Å². The summed E-state index contributed by atoms with van der Waals surface area (Å²) in [4.78, 5) is 18.4. The van der Waals surface area contributed by atoms with E-state index in [0.29, 0.717) is 0 Å². The maximum Gasteiger partial charge on any atom is 0.320 e. The van der Waals surface area contributed by atoms with Crippen LogP contribution in [0.3, 0.4) is 0 Å². The van der Waals surface area contributed by atoms with Crippen LogP contribution in [0.15, 0.2) is 61.1 Å². The monoisotopic (exact) mass is 311 g/mol. The van der Waals surface area contributed by atoms with Crippen LogP contribution >= 0.6 is 0 Å². The number of phenols is 1. The lowest BCUT2D eigenvalue weighted by molar-refractivity contribution is -0.138. The van der Waals surface area contributed by atoms with Crippen LogP contribution in [0.4, 0.5) is 0 Å². The fourth-order valence-corrected chi connectivity index (χ4v) is 1.90. The topological polar surface area (TPSA) is 109 Å². The molecule has 0 aliphatic carbocycles. The Bertz CT molecular complexity index is 710. The third-order valence-corrected chi connectivity index (χ3v) is 3.12. The molecule has 0 bridgehead atoms. The quantitative estimate of drug-likeness (QED) is 0.682. The minimum atomic E-state index is -1.02. The van der Waals surface area contributed by atoms with Crippen molar-refractivity contribution in [3.63, 3.8) is 0 Å². The summed E-state index contributed by atoms with van der Waals surface area (Å²) < 4.78 is 0. The SMILES string of the molecule is NC(Cc1ccc(O)cc1)C(=O)O.c1ccc2ncncc2c1. The minimum Gasteiger partial charge on any atom is -0.508 e. The minimum absolute atomic E-state index is 0.160. The number of carbonyl (C=O) groups is 1. The summed E-state index contributed by atoms with van der Waals surface area (Å²) in [6.07, 6.45) is 3.64. The zero-order valence-electron chi connectivity index (χ0n) is 12.3. The number of carboxylic acid groups (broad SMARTS) is 1. The van der Waals surface area contributed by atoms with Crippen molar-refractivity contribution in [1.82, 2.24) is 9.97 Å². The highest BCUT2D eigenvalue weighted by atomic mass is 16.4. The van der Waals surface area contributed by atoms with Gasteiger partial charge in [0.1, 0.15) is 18.1 Å². The summed E-state index contributed by atoms with van der Waals surface area (Å²) in [5, 5.41) is 18.6. The average molecular weight is 311 g/mol. The van der Waals surface area contributed by atoms with Gasteiger partial charge < -0.3 is 15.9 Å². The highest BCUT2D eigenvalue weighted by Gasteiger charge is 2.11. The van der Waals surface area contributed by atoms with Crippen molar-refractivity contribution in [3.05, 3.63) is 66.6 Å². The normalized spacial score (nSPS) is 11.3. The molecule has 0 fully saturated rings. The smallest absolute Gasteiger partial charge is 0.320 e. The molecule has 3 aromatic rings. The number of aromatic nitrogens is 2. The van der Waals surface area contributed by atoms with Crippen molar-refractivity contribution in [1.29, 1.82) is 0 Å². The number of hydrogen-bond acceptors (Lipinski definition) is 5. The maximum atomic E-state index is 10.4. The van der Waals surface area contributed by atoms with Crippen LogP contribution in [-0.4, -0.2) is 32.2 Å². The summed E-state index contributed by atoms with van der Waals surface area (Å²) >= 11 is 0. The number of phenolic OH excluding ortho intramolecular Hbond substituents is 1. The molecule has 0 saturated carbocycles. The fourth-order valence-electron chi connectivity index (χ4n) is 1.90. The van der Waals surface area contributed by atoms with Gasteiger partial charge in [-0.3, -0.25) is 4.79 Å². The number of para-hydroxylation sites is 1. The summed E-state index contributed by atoms with van der Waals surface area (Å²) in [5.74, 6) is -0.860. The van der Waals surface area contributed by atoms with Gasteiger partial charge in [0.15, 0.2) is 0 Å². The van der Waals surface area contributed by atoms with Crippen molar-refractivity contribution in [2.45, 2.75) is 12.5 Å². The van der Waals surface area contributed by atoms with Crippen molar-refractivity contribution in [2.24, 2.45) is 5.73 Å². The molecule has 2 aromatic carbocycles. The van der Waals surface area contributed by atoms with E-state index in [1.807, 2.05) is 30.5 Å². The second-order valence-electron chi connectivity index (χ2n) is 4.90. The molecule has 6 nitrogen and oxygen atoms in total. The van der Waals surface area contributed by atoms with Gasteiger partial charge in [0.05, 0.1) is 5.52 Å². The molecule has 1 heterocycles. The van der Waals surface area contributed by atoms with E-state index >= 15 is 0 Å². The second kappa shape index (κ2) is 7.86. The average Bonchev–Trinajstić information content (AvgIpc) is 2.57. The molecule has 0 radical (unpaired) electrons. The Kier molecular flexibility index (Phi) is 5.60. The largest absolute Gasteiger partial charge is 0.508 e. The fraction of sp³-hybridized carbons (Fsp3) is 0.118. The number of nitrogens with two attached hydrogens (primary N) is 1. The zero-order chi connectivity index (χ0) is 16.7. The van der Waals surface area contributed by atoms with Gasteiger partial charge in [-0.25, -0.2) is 9.97 Å². The van der Waals surface area contributed by atoms with Gasteiger partial charge in [-0.15, -0.1) is 0 Å². The van der Waals surface area contributed by atoms with E-state index in [4.69, 9.17) is 15.9 Å². The molecule has 1 atom stereocenters. The number of aliphatic carboxylic acids is 1. The number of aromatic hydroxyl groups is 1. The predicted octanol–water partition coefficient (Wildman–Crippen LogP) is 1.98. The molecule has 3 rings (SSSR count). The van der Waals surface area contributed by atoms with Gasteiger partial charge in [0.2, 0.25) is 0 Å². The first-order valence-corrected chi connectivity index (χ1v) is 6.97. The van der Waals surface area contributed by atoms with E-state index < -0.39 is 12.0 Å². The van der Waals surface area contributed by atoms with Gasteiger partial charge in [0.25, 0.3) is 0 Å². The van der Waals surface area contributed by atoms with Crippen LogP contribution < -0.4 is 5.73 Å². The van der Waals surface area contributed by atoms with E-state index in [9.17, 15) is 4.79 Å². The first-order valence-electron chi connectivity index (χ1n) is 6.97. The lowest BCUT2D eigenvalue weighted by Gasteiger charge is -2.05. The molecule has 1 aromatic heterocycles. The van der Waals surface area contributed by atoms with Gasteiger partial charge in [-0.05, 0) is 30.2 Å². The Hall–Kier alpha value is -2.99. The predicted molar refractivity (Wildman–Crippen MR) is 87.0 cm³/mol. The van der Waals surface area contributed by atoms with Crippen molar-refractivity contribution in [2.75, 3.05) is 0 Å². The molecule has 0 aliphatic heterocycles. The Morgan fingerprint density at radius 2 is 1.83 bits per heavy atom. The van der Waals surface area contributed by atoms with Crippen molar-refractivity contribution >= 4 is 16.9 Å². The first-order chi connectivity index (χ1) is 11.1. The lowest BCUT2D eigenvalue weighted by atomic mass is 10.1. The molecule has 1 unspecified atom stereocenters. The number of nitrogens with zero attached hydrogens (tertiary/aromatic N) is 2. The highest BCUT2D eigenvalue weighted by molar-refractivity contribution is 5.76. The molecular weight excluding hydrogens is 294 g/mol. The Morgan fingerprint density at radius 3 is 2.48 bits per heavy atom. The van der Waals surface area contributed by atoms with Crippen LogP contribution in [0.5, 0.6) is 5.75 Å². The molecule has 6 heteroatoms. The number of rotatable bonds is 3. The lowest BCUT2D eigenvalue weighted by Crippen LogP contribution is -2.32. The Balaban J connectivity index is 0.000000172. The molecule has 4 N–H and O–H groups in total. The van der Waals surface area contributed by atoms with Crippen molar-refractivity contribution in [3.8, 4) is 5.75 Å². The molecule has 0 aliphatic rings. The Morgan fingerprint density at radius 1 is 1.13 bits per heavy atom. The van der Waals surface area contributed by atoms with Crippen LogP contribution in [0.25, 0.3) is 10.9 Å². The standard InChI is InChI=1S/C9H11NO3.C8H6N2/c10-8(9(12)13)5-6-1-3-7(11)4-2-6;1-2-4-8-7(3-1)5-9-6-10-8/h1-4,8,11H,5,10H2,(H,12,13);1-6H. The molecule has 0 spiro atoms. The molecular formula is C17H17N3O3. The maximum absolute atomic E-state index is 10.4. The van der Waals surface area contributed by atoms with Crippen LogP contribution in [0.1, 0.15) is 5.56 Å². The third-order valence-electron chi connectivity index (χ3n) is 3.12. The number of carboxylic acids is 1. The van der Waals surface area contributed by atoms with Gasteiger partial charge in [-0.1, -0.05) is 30.3 Å². The third kappa shape index (κ3) is 5.05. The summed E-state index contributed by atoms with van der Waals surface area (Å²) in [6.45, 7) is 0. The van der Waals surface area contributed by atoms with Crippen LogP contribution in [0.2, 0.25) is 0 Å². The van der Waals surface area contributed by atoms with E-state index in [1.165, 1.54) is 12.1 Å². The summed E-state index contributed by atoms with van der Waals surface area (Å²) in [5.41, 5.74) is 7.12. The number of benzene rings is 2. The number of hydrogen-bond donors (Lipinski definition) is 3. The Labute approximate surface area is 133 Å². The van der Waals surface area contributed by atoms with E-state index in [2.05, 4.69) is 9.97 Å². The van der Waals surface area contributed by atoms with E-state index in [-0.39, 0.29) is 12.2 Å². The van der Waals surface area contributed by atoms with Crippen LogP contribution in [0, 0.1) is 0 Å². The second-order valence-corrected chi connectivity index (χ2v) is 4.90. The first kappa shape index (κ1) is 16.4. The molecule has 23 heavy (non-hydrogen) atoms. The molecule has 118 valence electrons. The van der Waals surface area contributed by atoms with E-state index in [1.54, 1.807) is 18.5 Å². The highest BCUT2D eigenvalue weighted by Crippen LogP contribution is 2.10. The molecule has 0 saturated heterocycles.